The second-order valence-corrected chi connectivity index (χ2v) is 8.59. The van der Waals surface area contributed by atoms with Crippen molar-refractivity contribution in [2.24, 2.45) is 0 Å². The minimum Gasteiger partial charge on any atom is -0.495 e. The molecular formula is C26H30N6O4. The largest absolute Gasteiger partial charge is 0.495 e. The Morgan fingerprint density at radius 1 is 1.00 bits per heavy atom. The number of rotatable bonds is 8. The van der Waals surface area contributed by atoms with Crippen molar-refractivity contribution in [2.75, 3.05) is 25.2 Å². The Balaban J connectivity index is 1.46. The van der Waals surface area contributed by atoms with Gasteiger partial charge in [0.25, 0.3) is 5.91 Å². The summed E-state index contributed by atoms with van der Waals surface area (Å²) in [4.78, 5) is 40.4. The summed E-state index contributed by atoms with van der Waals surface area (Å²) in [6.45, 7) is -0.243. The Labute approximate surface area is 209 Å². The van der Waals surface area contributed by atoms with Gasteiger partial charge >= 0.3 is 5.97 Å². The number of nitrogens with two attached hydrogens (primary N) is 1. The van der Waals surface area contributed by atoms with Gasteiger partial charge in [0.05, 0.1) is 23.9 Å². The molecule has 1 heterocycles. The molecule has 0 atom stereocenters. The summed E-state index contributed by atoms with van der Waals surface area (Å²) in [6.07, 6.45) is 5.35. The summed E-state index contributed by atoms with van der Waals surface area (Å²) in [5.41, 5.74) is 6.99. The van der Waals surface area contributed by atoms with Crippen molar-refractivity contribution in [1.29, 1.82) is 0 Å². The van der Waals surface area contributed by atoms with Crippen LogP contribution in [0.4, 0.5) is 17.6 Å². The number of aromatic nitrogens is 3. The number of nitrogens with one attached hydrogen (secondary N) is 1. The first-order valence-corrected chi connectivity index (χ1v) is 11.9. The average molecular weight is 491 g/mol. The van der Waals surface area contributed by atoms with Crippen LogP contribution in [-0.4, -0.2) is 51.9 Å². The molecule has 0 saturated heterocycles. The zero-order valence-corrected chi connectivity index (χ0v) is 20.4. The van der Waals surface area contributed by atoms with Gasteiger partial charge in [-0.2, -0.15) is 15.0 Å². The first-order valence-electron chi connectivity index (χ1n) is 11.9. The van der Waals surface area contributed by atoms with Crippen LogP contribution in [-0.2, 0) is 11.3 Å². The second kappa shape index (κ2) is 11.5. The van der Waals surface area contributed by atoms with Gasteiger partial charge in [-0.3, -0.25) is 4.79 Å². The maximum Gasteiger partial charge on any atom is 0.339 e. The molecule has 10 heteroatoms. The number of benzene rings is 2. The molecule has 0 bridgehead atoms. The van der Waals surface area contributed by atoms with Crippen LogP contribution in [0.5, 0.6) is 5.75 Å². The monoisotopic (exact) mass is 490 g/mol. The van der Waals surface area contributed by atoms with Gasteiger partial charge < -0.3 is 25.4 Å². The number of hydrogen-bond donors (Lipinski definition) is 2. The molecule has 0 radical (unpaired) electrons. The lowest BCUT2D eigenvalue weighted by Crippen LogP contribution is -2.39. The Hall–Kier alpha value is -4.21. The highest BCUT2D eigenvalue weighted by Crippen LogP contribution is 2.26. The molecule has 0 unspecified atom stereocenters. The maximum atomic E-state index is 13.2. The maximum absolute atomic E-state index is 13.2. The van der Waals surface area contributed by atoms with Crippen molar-refractivity contribution in [3.05, 3.63) is 65.5 Å². The smallest absolute Gasteiger partial charge is 0.339 e. The van der Waals surface area contributed by atoms with E-state index in [1.807, 2.05) is 12.1 Å². The number of esters is 1. The van der Waals surface area contributed by atoms with E-state index in [0.29, 0.717) is 17.0 Å². The first-order chi connectivity index (χ1) is 17.5. The van der Waals surface area contributed by atoms with Crippen LogP contribution in [0.1, 0.15) is 58.6 Å². The molecule has 36 heavy (non-hydrogen) atoms. The van der Waals surface area contributed by atoms with Crippen molar-refractivity contribution in [2.45, 2.75) is 44.8 Å². The summed E-state index contributed by atoms with van der Waals surface area (Å²) < 4.78 is 10.8. The predicted molar refractivity (Wildman–Crippen MR) is 135 cm³/mol. The van der Waals surface area contributed by atoms with Crippen LogP contribution in [0.3, 0.4) is 0 Å². The summed E-state index contributed by atoms with van der Waals surface area (Å²) >= 11 is 0. The van der Waals surface area contributed by atoms with Crippen molar-refractivity contribution in [3.8, 4) is 5.75 Å². The predicted octanol–water partition coefficient (Wildman–Crippen LogP) is 3.97. The van der Waals surface area contributed by atoms with E-state index in [1.165, 1.54) is 6.42 Å². The first kappa shape index (κ1) is 24.9. The quantitative estimate of drug-likeness (QED) is 0.450. The third kappa shape index (κ3) is 5.88. The molecule has 2 aromatic carbocycles. The molecule has 188 valence electrons. The Bertz CT molecular complexity index is 1230. The van der Waals surface area contributed by atoms with Crippen LogP contribution >= 0.6 is 0 Å². The molecule has 0 spiro atoms. The number of ether oxygens (including phenoxy) is 2. The van der Waals surface area contributed by atoms with E-state index in [4.69, 9.17) is 15.2 Å². The highest BCUT2D eigenvalue weighted by atomic mass is 16.5. The number of nitrogen functional groups attached to an aromatic ring is 1. The number of methoxy groups -OCH3 is 1. The number of para-hydroxylation sites is 2. The fourth-order valence-corrected chi connectivity index (χ4v) is 4.31. The van der Waals surface area contributed by atoms with Crippen LogP contribution in [0, 0.1) is 0 Å². The normalized spacial score (nSPS) is 13.6. The molecule has 1 aliphatic rings. The van der Waals surface area contributed by atoms with Gasteiger partial charge in [-0.05, 0) is 37.1 Å². The second-order valence-electron chi connectivity index (χ2n) is 8.59. The van der Waals surface area contributed by atoms with E-state index in [2.05, 4.69) is 20.3 Å². The number of carbonyl (C=O) groups is 2. The Morgan fingerprint density at radius 2 is 1.69 bits per heavy atom. The highest BCUT2D eigenvalue weighted by molar-refractivity contribution is 6.05. The van der Waals surface area contributed by atoms with Gasteiger partial charge in [0.1, 0.15) is 5.75 Å². The molecule has 4 rings (SSSR count). The number of nitrogens with zero attached hydrogens (tertiary/aromatic N) is 4. The molecule has 1 aliphatic carbocycles. The van der Waals surface area contributed by atoms with E-state index in [0.717, 1.165) is 25.7 Å². The molecule has 1 amide bonds. The van der Waals surface area contributed by atoms with Gasteiger partial charge in [0.15, 0.2) is 12.4 Å². The van der Waals surface area contributed by atoms with Gasteiger partial charge in [0, 0.05) is 13.1 Å². The van der Waals surface area contributed by atoms with Crippen LogP contribution < -0.4 is 15.8 Å². The van der Waals surface area contributed by atoms with Gasteiger partial charge in [-0.15, -0.1) is 0 Å². The van der Waals surface area contributed by atoms with Crippen LogP contribution in [0.25, 0.3) is 0 Å². The number of amides is 1. The lowest BCUT2D eigenvalue weighted by Gasteiger charge is -2.31. The zero-order valence-electron chi connectivity index (χ0n) is 20.4. The summed E-state index contributed by atoms with van der Waals surface area (Å²) in [5, 5.41) is 3.03. The lowest BCUT2D eigenvalue weighted by molar-refractivity contribution is 0.0454. The number of carbonyl (C=O) groups excluding carboxylic acids is 2. The molecule has 10 nitrogen and oxygen atoms in total. The lowest BCUT2D eigenvalue weighted by atomic mass is 9.94. The third-order valence-electron chi connectivity index (χ3n) is 6.20. The molecule has 0 aliphatic heterocycles. The van der Waals surface area contributed by atoms with E-state index < -0.39 is 5.97 Å². The zero-order chi connectivity index (χ0) is 25.5. The van der Waals surface area contributed by atoms with Gasteiger partial charge in [0.2, 0.25) is 11.9 Å². The van der Waals surface area contributed by atoms with E-state index in [-0.39, 0.29) is 41.8 Å². The van der Waals surface area contributed by atoms with Crippen LogP contribution in [0.15, 0.2) is 48.5 Å². The fraction of sp³-hybridized carbons (Fsp3) is 0.346. The minimum atomic E-state index is -0.644. The number of anilines is 3. The summed E-state index contributed by atoms with van der Waals surface area (Å²) in [7, 11) is 3.35. The van der Waals surface area contributed by atoms with Crippen molar-refractivity contribution in [1.82, 2.24) is 19.9 Å². The standard InChI is InChI=1S/C26H30N6O4/c1-32(17-10-4-3-5-11-17)23(33)18-12-6-7-13-19(18)24(34)36-16-22-29-25(27)31-26(30-22)28-20-14-8-9-15-21(20)35-2/h6-9,12-15,17H,3-5,10-11,16H2,1-2H3,(H3,27,28,29,30,31). The van der Waals surface area contributed by atoms with Gasteiger partial charge in [-0.1, -0.05) is 43.5 Å². The fourth-order valence-electron chi connectivity index (χ4n) is 4.31. The van der Waals surface area contributed by atoms with E-state index in [9.17, 15) is 9.59 Å². The van der Waals surface area contributed by atoms with Crippen molar-refractivity contribution in [3.63, 3.8) is 0 Å². The average Bonchev–Trinajstić information content (AvgIpc) is 2.91. The molecule has 1 aromatic heterocycles. The van der Waals surface area contributed by atoms with Crippen molar-refractivity contribution >= 4 is 29.5 Å². The molecule has 3 aromatic rings. The highest BCUT2D eigenvalue weighted by Gasteiger charge is 2.26. The minimum absolute atomic E-state index is 0.0295. The molecule has 1 saturated carbocycles. The van der Waals surface area contributed by atoms with Gasteiger partial charge in [-0.25, -0.2) is 4.79 Å². The SMILES string of the molecule is COc1ccccc1Nc1nc(N)nc(COC(=O)c2ccccc2C(=O)N(C)C2CCCCC2)n1. The summed E-state index contributed by atoms with van der Waals surface area (Å²) in [6, 6.07) is 14.1. The van der Waals surface area contributed by atoms with Crippen LogP contribution in [0.2, 0.25) is 0 Å². The Kier molecular flexibility index (Phi) is 7.94. The van der Waals surface area contributed by atoms with Crippen molar-refractivity contribution < 1.29 is 19.1 Å². The molecule has 3 N–H and O–H groups in total. The topological polar surface area (TPSA) is 133 Å². The van der Waals surface area contributed by atoms with E-state index in [1.54, 1.807) is 55.5 Å². The molecule has 1 fully saturated rings. The third-order valence-corrected chi connectivity index (χ3v) is 6.20. The molecular weight excluding hydrogens is 460 g/mol. The van der Waals surface area contributed by atoms with E-state index >= 15 is 0 Å². The summed E-state index contributed by atoms with van der Waals surface area (Å²) in [5.74, 6) is 0.0811. The number of hydrogen-bond acceptors (Lipinski definition) is 9. The Morgan fingerprint density at radius 3 is 2.44 bits per heavy atom.